The maximum absolute atomic E-state index is 12.4. The number of carbonyl (C=O) groups is 1. The number of amides is 1. The van der Waals surface area contributed by atoms with E-state index in [0.29, 0.717) is 16.3 Å². The normalized spacial score (nSPS) is 22.1. The summed E-state index contributed by atoms with van der Waals surface area (Å²) in [6.45, 7) is 0.741. The van der Waals surface area contributed by atoms with Crippen molar-refractivity contribution in [2.45, 2.75) is 24.1 Å². The van der Waals surface area contributed by atoms with E-state index in [1.165, 1.54) is 19.3 Å². The maximum Gasteiger partial charge on any atom is 0.252 e. The third-order valence-electron chi connectivity index (χ3n) is 3.98. The molecule has 2 aromatic rings. The number of nitrogens with zero attached hydrogens (tertiary/aromatic N) is 1. The summed E-state index contributed by atoms with van der Waals surface area (Å²) in [7, 11) is 0. The zero-order chi connectivity index (χ0) is 13.9. The number of para-hydroxylation sites is 1. The number of nitrogens with one attached hydrogen (secondary N) is 1. The van der Waals surface area contributed by atoms with Gasteiger partial charge in [-0.05, 0) is 30.9 Å². The Morgan fingerprint density at radius 1 is 1.30 bits per heavy atom. The summed E-state index contributed by atoms with van der Waals surface area (Å²) >= 11 is 3.69. The molecule has 0 saturated heterocycles. The van der Waals surface area contributed by atoms with Crippen LogP contribution in [0.5, 0.6) is 0 Å². The molecular formula is C16H17BrN2O. The fraction of sp³-hybridized carbons (Fsp3) is 0.375. The first-order valence-electron chi connectivity index (χ1n) is 7.02. The molecule has 4 heteroatoms. The van der Waals surface area contributed by atoms with E-state index in [4.69, 9.17) is 0 Å². The number of rotatable bonds is 3. The molecule has 1 aliphatic rings. The van der Waals surface area contributed by atoms with Crippen molar-refractivity contribution in [1.82, 2.24) is 10.3 Å². The number of hydrogen-bond donors (Lipinski definition) is 1. The Kier molecular flexibility index (Phi) is 4.01. The molecule has 1 aromatic heterocycles. The number of benzene rings is 1. The van der Waals surface area contributed by atoms with Gasteiger partial charge in [-0.1, -0.05) is 40.5 Å². The highest BCUT2D eigenvalue weighted by molar-refractivity contribution is 9.09. The van der Waals surface area contributed by atoms with Crippen molar-refractivity contribution in [1.29, 1.82) is 0 Å². The van der Waals surface area contributed by atoms with E-state index in [9.17, 15) is 4.79 Å². The fourth-order valence-electron chi connectivity index (χ4n) is 2.83. The Morgan fingerprint density at radius 2 is 2.15 bits per heavy atom. The first-order chi connectivity index (χ1) is 9.75. The van der Waals surface area contributed by atoms with Gasteiger partial charge in [0.05, 0.1) is 11.1 Å². The molecule has 1 heterocycles. The third-order valence-corrected chi connectivity index (χ3v) is 5.19. The molecule has 0 spiro atoms. The molecule has 1 amide bonds. The molecule has 3 rings (SSSR count). The van der Waals surface area contributed by atoms with Gasteiger partial charge in [-0.25, -0.2) is 0 Å². The molecule has 2 unspecified atom stereocenters. The molecule has 1 saturated carbocycles. The topological polar surface area (TPSA) is 42.0 Å². The highest BCUT2D eigenvalue weighted by atomic mass is 79.9. The Balaban J connectivity index is 1.75. The summed E-state index contributed by atoms with van der Waals surface area (Å²) in [5, 5.41) is 3.98. The van der Waals surface area contributed by atoms with Gasteiger partial charge in [0.25, 0.3) is 5.91 Å². The van der Waals surface area contributed by atoms with Crippen LogP contribution in [0.1, 0.15) is 29.6 Å². The Labute approximate surface area is 126 Å². The molecule has 1 aromatic carbocycles. The number of halogens is 1. The summed E-state index contributed by atoms with van der Waals surface area (Å²) in [5.74, 6) is 0.544. The number of hydrogen-bond acceptors (Lipinski definition) is 2. The van der Waals surface area contributed by atoms with Gasteiger partial charge in [0.1, 0.15) is 0 Å². The second kappa shape index (κ2) is 5.92. The highest BCUT2D eigenvalue weighted by Gasteiger charge is 2.25. The number of carbonyl (C=O) groups excluding carboxylic acids is 1. The molecule has 0 bridgehead atoms. The number of fused-ring (bicyclic) bond motifs is 1. The van der Waals surface area contributed by atoms with Crippen LogP contribution < -0.4 is 5.32 Å². The molecule has 1 N–H and O–H groups in total. The predicted molar refractivity (Wildman–Crippen MR) is 84.1 cm³/mol. The van der Waals surface area contributed by atoms with Gasteiger partial charge in [0, 0.05) is 23.0 Å². The minimum absolute atomic E-state index is 0.00444. The van der Waals surface area contributed by atoms with E-state index < -0.39 is 0 Å². The molecule has 3 nitrogen and oxygen atoms in total. The minimum Gasteiger partial charge on any atom is -0.352 e. The van der Waals surface area contributed by atoms with Gasteiger partial charge >= 0.3 is 0 Å². The van der Waals surface area contributed by atoms with Crippen molar-refractivity contribution in [2.75, 3.05) is 6.54 Å². The van der Waals surface area contributed by atoms with E-state index in [0.717, 1.165) is 17.4 Å². The van der Waals surface area contributed by atoms with Crippen LogP contribution in [0.25, 0.3) is 10.9 Å². The Hall–Kier alpha value is -1.42. The summed E-state index contributed by atoms with van der Waals surface area (Å²) in [6, 6.07) is 9.53. The SMILES string of the molecule is O=C(NCC1CCCC1Br)c1ccnc2ccccc12. The zero-order valence-electron chi connectivity index (χ0n) is 11.2. The van der Waals surface area contributed by atoms with Gasteiger partial charge in [-0.2, -0.15) is 0 Å². The van der Waals surface area contributed by atoms with E-state index in [-0.39, 0.29) is 5.91 Å². The standard InChI is InChI=1S/C16H17BrN2O/c17-14-6-3-4-11(14)10-19-16(20)13-8-9-18-15-7-2-1-5-12(13)15/h1-2,5,7-9,11,14H,3-4,6,10H2,(H,19,20). The summed E-state index contributed by atoms with van der Waals surface area (Å²) in [6.07, 6.45) is 5.33. The minimum atomic E-state index is -0.00444. The van der Waals surface area contributed by atoms with Gasteiger partial charge in [0.2, 0.25) is 0 Å². The summed E-state index contributed by atoms with van der Waals surface area (Å²) < 4.78 is 0. The first kappa shape index (κ1) is 13.6. The average Bonchev–Trinajstić information content (AvgIpc) is 2.89. The molecule has 2 atom stereocenters. The van der Waals surface area contributed by atoms with Crippen molar-refractivity contribution in [2.24, 2.45) is 5.92 Å². The lowest BCUT2D eigenvalue weighted by Crippen LogP contribution is -2.31. The van der Waals surface area contributed by atoms with Crippen molar-refractivity contribution < 1.29 is 4.79 Å². The average molecular weight is 333 g/mol. The summed E-state index contributed by atoms with van der Waals surface area (Å²) in [4.78, 5) is 17.2. The maximum atomic E-state index is 12.4. The molecule has 1 fully saturated rings. The van der Waals surface area contributed by atoms with Gasteiger partial charge < -0.3 is 5.32 Å². The third kappa shape index (κ3) is 2.70. The molecule has 20 heavy (non-hydrogen) atoms. The van der Waals surface area contributed by atoms with Crippen LogP contribution in [0.15, 0.2) is 36.5 Å². The van der Waals surface area contributed by atoms with E-state index in [1.807, 2.05) is 24.3 Å². The first-order valence-corrected chi connectivity index (χ1v) is 7.93. The Bertz CT molecular complexity index is 623. The van der Waals surface area contributed by atoms with Crippen LogP contribution in [-0.2, 0) is 0 Å². The van der Waals surface area contributed by atoms with Crippen LogP contribution in [0.2, 0.25) is 0 Å². The molecule has 0 radical (unpaired) electrons. The van der Waals surface area contributed by atoms with Crippen LogP contribution >= 0.6 is 15.9 Å². The smallest absolute Gasteiger partial charge is 0.252 e. The van der Waals surface area contributed by atoms with Crippen LogP contribution in [-0.4, -0.2) is 22.3 Å². The summed E-state index contributed by atoms with van der Waals surface area (Å²) in [5.41, 5.74) is 1.57. The monoisotopic (exact) mass is 332 g/mol. The van der Waals surface area contributed by atoms with E-state index in [2.05, 4.69) is 26.2 Å². The van der Waals surface area contributed by atoms with Gasteiger partial charge in [-0.3, -0.25) is 9.78 Å². The van der Waals surface area contributed by atoms with E-state index >= 15 is 0 Å². The number of alkyl halides is 1. The van der Waals surface area contributed by atoms with Crippen LogP contribution in [0.3, 0.4) is 0 Å². The molecule has 0 aliphatic heterocycles. The molecular weight excluding hydrogens is 316 g/mol. The quantitative estimate of drug-likeness (QED) is 0.873. The second-order valence-corrected chi connectivity index (χ2v) is 6.47. The lowest BCUT2D eigenvalue weighted by Gasteiger charge is -2.15. The lowest BCUT2D eigenvalue weighted by atomic mass is 10.1. The molecule has 104 valence electrons. The zero-order valence-corrected chi connectivity index (χ0v) is 12.8. The largest absolute Gasteiger partial charge is 0.352 e. The van der Waals surface area contributed by atoms with E-state index in [1.54, 1.807) is 12.3 Å². The Morgan fingerprint density at radius 3 is 2.95 bits per heavy atom. The van der Waals surface area contributed by atoms with Crippen molar-refractivity contribution >= 4 is 32.7 Å². The molecule has 1 aliphatic carbocycles. The number of aromatic nitrogens is 1. The van der Waals surface area contributed by atoms with Crippen molar-refractivity contribution in [3.63, 3.8) is 0 Å². The van der Waals surface area contributed by atoms with Gasteiger partial charge in [-0.15, -0.1) is 0 Å². The highest BCUT2D eigenvalue weighted by Crippen LogP contribution is 2.30. The van der Waals surface area contributed by atoms with Crippen LogP contribution in [0, 0.1) is 5.92 Å². The second-order valence-electron chi connectivity index (χ2n) is 5.29. The fourth-order valence-corrected chi connectivity index (χ4v) is 3.61. The predicted octanol–water partition coefficient (Wildman–Crippen LogP) is 3.53. The number of pyridine rings is 1. The van der Waals surface area contributed by atoms with Crippen LogP contribution in [0.4, 0.5) is 0 Å². The van der Waals surface area contributed by atoms with Crippen molar-refractivity contribution in [3.05, 3.63) is 42.1 Å². The van der Waals surface area contributed by atoms with Crippen molar-refractivity contribution in [3.8, 4) is 0 Å². The van der Waals surface area contributed by atoms with Gasteiger partial charge in [0.15, 0.2) is 0 Å². The lowest BCUT2D eigenvalue weighted by molar-refractivity contribution is 0.0949.